The molecule has 2 aromatic rings. The highest BCUT2D eigenvalue weighted by atomic mass is 16.1. The van der Waals surface area contributed by atoms with Crippen LogP contribution < -0.4 is 10.6 Å². The molecule has 122 valence electrons. The Kier molecular flexibility index (Phi) is 7.34. The maximum Gasteiger partial charge on any atom is 0.221 e. The van der Waals surface area contributed by atoms with Gasteiger partial charge >= 0.3 is 0 Å². The van der Waals surface area contributed by atoms with Gasteiger partial charge in [-0.1, -0.05) is 60.2 Å². The van der Waals surface area contributed by atoms with E-state index >= 15 is 0 Å². The van der Waals surface area contributed by atoms with Crippen molar-refractivity contribution in [2.75, 3.05) is 13.1 Å². The van der Waals surface area contributed by atoms with Gasteiger partial charge in [0, 0.05) is 26.1 Å². The van der Waals surface area contributed by atoms with Crippen LogP contribution >= 0.6 is 0 Å². The Morgan fingerprint density at radius 3 is 2.39 bits per heavy atom. The summed E-state index contributed by atoms with van der Waals surface area (Å²) in [6.07, 6.45) is 2.51. The topological polar surface area (TPSA) is 41.1 Å². The lowest BCUT2D eigenvalue weighted by Gasteiger charge is -2.07. The third kappa shape index (κ3) is 7.11. The largest absolute Gasteiger partial charge is 0.356 e. The first-order valence-corrected chi connectivity index (χ1v) is 8.31. The van der Waals surface area contributed by atoms with E-state index in [1.165, 1.54) is 16.7 Å². The van der Waals surface area contributed by atoms with Gasteiger partial charge in [-0.15, -0.1) is 0 Å². The smallest absolute Gasteiger partial charge is 0.221 e. The van der Waals surface area contributed by atoms with Crippen LogP contribution in [0.2, 0.25) is 0 Å². The molecular formula is C20H26N2O. The number of amides is 1. The second kappa shape index (κ2) is 9.80. The first-order chi connectivity index (χ1) is 11.2. The molecule has 0 radical (unpaired) electrons. The monoisotopic (exact) mass is 310 g/mol. The molecule has 0 aliphatic heterocycles. The highest BCUT2D eigenvalue weighted by molar-refractivity contribution is 5.75. The number of hydrogen-bond acceptors (Lipinski definition) is 2. The molecule has 0 saturated carbocycles. The normalized spacial score (nSPS) is 10.5. The molecule has 23 heavy (non-hydrogen) atoms. The predicted molar refractivity (Wildman–Crippen MR) is 95.3 cm³/mol. The number of nitrogens with one attached hydrogen (secondary N) is 2. The predicted octanol–water partition coefficient (Wildman–Crippen LogP) is 3.22. The van der Waals surface area contributed by atoms with Crippen molar-refractivity contribution in [2.24, 2.45) is 0 Å². The van der Waals surface area contributed by atoms with E-state index in [1.54, 1.807) is 0 Å². The molecule has 0 atom stereocenters. The Bertz CT molecular complexity index is 578. The fourth-order valence-corrected chi connectivity index (χ4v) is 2.39. The maximum absolute atomic E-state index is 11.8. The summed E-state index contributed by atoms with van der Waals surface area (Å²) in [5.74, 6) is 0.120. The Labute approximate surface area is 139 Å². The summed E-state index contributed by atoms with van der Waals surface area (Å²) in [4.78, 5) is 11.8. The van der Waals surface area contributed by atoms with E-state index < -0.39 is 0 Å². The van der Waals surface area contributed by atoms with E-state index in [9.17, 15) is 4.79 Å². The minimum Gasteiger partial charge on any atom is -0.356 e. The van der Waals surface area contributed by atoms with Crippen LogP contribution in [0.4, 0.5) is 0 Å². The summed E-state index contributed by atoms with van der Waals surface area (Å²) < 4.78 is 0. The highest BCUT2D eigenvalue weighted by Gasteiger charge is 2.00. The average Bonchev–Trinajstić information content (AvgIpc) is 2.58. The lowest BCUT2D eigenvalue weighted by atomic mass is 10.1. The first-order valence-electron chi connectivity index (χ1n) is 8.31. The van der Waals surface area contributed by atoms with E-state index in [0.717, 1.165) is 25.9 Å². The van der Waals surface area contributed by atoms with Crippen molar-refractivity contribution >= 4 is 5.91 Å². The molecule has 0 aromatic heterocycles. The Morgan fingerprint density at radius 2 is 1.65 bits per heavy atom. The van der Waals surface area contributed by atoms with Gasteiger partial charge in [0.05, 0.1) is 0 Å². The van der Waals surface area contributed by atoms with E-state index in [1.807, 2.05) is 18.2 Å². The molecule has 0 bridgehead atoms. The van der Waals surface area contributed by atoms with Gasteiger partial charge in [-0.2, -0.15) is 0 Å². The van der Waals surface area contributed by atoms with Crippen molar-refractivity contribution in [3.63, 3.8) is 0 Å². The van der Waals surface area contributed by atoms with Crippen LogP contribution in [0.15, 0.2) is 54.6 Å². The van der Waals surface area contributed by atoms with Gasteiger partial charge in [0.15, 0.2) is 0 Å². The third-order valence-electron chi connectivity index (χ3n) is 3.79. The molecule has 2 aromatic carbocycles. The lowest BCUT2D eigenvalue weighted by molar-refractivity contribution is -0.121. The van der Waals surface area contributed by atoms with Gasteiger partial charge in [-0.25, -0.2) is 0 Å². The lowest BCUT2D eigenvalue weighted by Crippen LogP contribution is -2.28. The van der Waals surface area contributed by atoms with Gasteiger partial charge < -0.3 is 10.6 Å². The number of hydrogen-bond donors (Lipinski definition) is 2. The van der Waals surface area contributed by atoms with Crippen LogP contribution in [0.5, 0.6) is 0 Å². The first kappa shape index (κ1) is 17.2. The van der Waals surface area contributed by atoms with Gasteiger partial charge in [0.2, 0.25) is 5.91 Å². The molecule has 0 spiro atoms. The SMILES string of the molecule is Cc1ccc(CNCCC(=O)NCCCc2ccccc2)cc1. The number of rotatable bonds is 9. The Morgan fingerprint density at radius 1 is 0.913 bits per heavy atom. The van der Waals surface area contributed by atoms with Crippen LogP contribution in [0.25, 0.3) is 0 Å². The summed E-state index contributed by atoms with van der Waals surface area (Å²) >= 11 is 0. The minimum atomic E-state index is 0.120. The van der Waals surface area contributed by atoms with Crippen LogP contribution in [0.3, 0.4) is 0 Å². The Balaban J connectivity index is 1.51. The minimum absolute atomic E-state index is 0.120. The third-order valence-corrected chi connectivity index (χ3v) is 3.79. The molecule has 1 amide bonds. The van der Waals surface area contributed by atoms with Crippen molar-refractivity contribution in [1.82, 2.24) is 10.6 Å². The van der Waals surface area contributed by atoms with Crippen LogP contribution in [0.1, 0.15) is 29.5 Å². The molecule has 2 N–H and O–H groups in total. The van der Waals surface area contributed by atoms with Gasteiger partial charge in [0.1, 0.15) is 0 Å². The van der Waals surface area contributed by atoms with Crippen molar-refractivity contribution in [1.29, 1.82) is 0 Å². The highest BCUT2D eigenvalue weighted by Crippen LogP contribution is 2.03. The van der Waals surface area contributed by atoms with E-state index in [-0.39, 0.29) is 5.91 Å². The Hall–Kier alpha value is -2.13. The molecule has 0 aliphatic carbocycles. The second-order valence-electron chi connectivity index (χ2n) is 5.85. The summed E-state index contributed by atoms with van der Waals surface area (Å²) in [5.41, 5.74) is 3.84. The zero-order valence-corrected chi connectivity index (χ0v) is 13.8. The van der Waals surface area contributed by atoms with Crippen molar-refractivity contribution in [2.45, 2.75) is 32.7 Å². The summed E-state index contributed by atoms with van der Waals surface area (Å²) in [5, 5.41) is 6.29. The van der Waals surface area contributed by atoms with Crippen molar-refractivity contribution in [3.05, 3.63) is 71.3 Å². The molecule has 2 rings (SSSR count). The molecule has 0 heterocycles. The zero-order valence-electron chi connectivity index (χ0n) is 13.8. The van der Waals surface area contributed by atoms with Crippen molar-refractivity contribution in [3.8, 4) is 0 Å². The quantitative estimate of drug-likeness (QED) is 0.698. The van der Waals surface area contributed by atoms with E-state index in [4.69, 9.17) is 0 Å². The maximum atomic E-state index is 11.8. The molecule has 0 fully saturated rings. The average molecular weight is 310 g/mol. The molecular weight excluding hydrogens is 284 g/mol. The fraction of sp³-hybridized carbons (Fsp3) is 0.350. The summed E-state index contributed by atoms with van der Waals surface area (Å²) in [6, 6.07) is 18.8. The summed E-state index contributed by atoms with van der Waals surface area (Å²) in [6.45, 7) is 4.34. The zero-order chi connectivity index (χ0) is 16.3. The molecule has 3 heteroatoms. The number of carbonyl (C=O) groups is 1. The van der Waals surface area contributed by atoms with Crippen LogP contribution in [-0.4, -0.2) is 19.0 Å². The number of aryl methyl sites for hydroxylation is 2. The van der Waals surface area contributed by atoms with Gasteiger partial charge in [-0.3, -0.25) is 4.79 Å². The van der Waals surface area contributed by atoms with E-state index in [0.29, 0.717) is 13.0 Å². The van der Waals surface area contributed by atoms with Gasteiger partial charge in [0.25, 0.3) is 0 Å². The summed E-state index contributed by atoms with van der Waals surface area (Å²) in [7, 11) is 0. The van der Waals surface area contributed by atoms with Crippen LogP contribution in [0, 0.1) is 6.92 Å². The number of benzene rings is 2. The number of carbonyl (C=O) groups excluding carboxylic acids is 1. The van der Waals surface area contributed by atoms with Crippen molar-refractivity contribution < 1.29 is 4.79 Å². The van der Waals surface area contributed by atoms with Crippen LogP contribution in [-0.2, 0) is 17.8 Å². The second-order valence-corrected chi connectivity index (χ2v) is 5.85. The fourth-order valence-electron chi connectivity index (χ4n) is 2.39. The molecule has 3 nitrogen and oxygen atoms in total. The van der Waals surface area contributed by atoms with Gasteiger partial charge in [-0.05, 0) is 30.9 Å². The molecule has 0 saturated heterocycles. The molecule has 0 aliphatic rings. The molecule has 0 unspecified atom stereocenters. The van der Waals surface area contributed by atoms with E-state index in [2.05, 4.69) is 54.0 Å². The standard InChI is InChI=1S/C20H26N2O/c1-17-9-11-19(12-10-17)16-21-15-13-20(23)22-14-5-8-18-6-3-2-4-7-18/h2-4,6-7,9-12,21H,5,8,13-16H2,1H3,(H,22,23).